The third-order valence-corrected chi connectivity index (χ3v) is 2.55. The Hall–Kier alpha value is -0.110. The van der Waals surface area contributed by atoms with Crippen molar-refractivity contribution in [1.82, 2.24) is 5.32 Å². The zero-order valence-corrected chi connectivity index (χ0v) is 8.63. The van der Waals surface area contributed by atoms with E-state index in [2.05, 4.69) is 19.2 Å². The van der Waals surface area contributed by atoms with Gasteiger partial charge < -0.3 is 5.32 Å². The summed E-state index contributed by atoms with van der Waals surface area (Å²) in [5, 5.41) is 3.06. The second-order valence-corrected chi connectivity index (χ2v) is 3.30. The number of unbranched alkanes of at least 4 members (excludes halogenated alkanes) is 1. The van der Waals surface area contributed by atoms with Gasteiger partial charge in [0.1, 0.15) is 0 Å². The first-order chi connectivity index (χ1) is 5.26. The Kier molecular flexibility index (Phi) is 6.52. The molecule has 66 valence electrons. The first kappa shape index (κ1) is 10.9. The molecule has 0 bridgehead atoms. The summed E-state index contributed by atoms with van der Waals surface area (Å²) in [6.45, 7) is 4.42. The molecular weight excluding hydrogens is 154 g/mol. The topological polar surface area (TPSA) is 12.0 Å². The summed E-state index contributed by atoms with van der Waals surface area (Å²) in [5.74, 6) is 0.606. The summed E-state index contributed by atoms with van der Waals surface area (Å²) in [4.78, 5) is 1.03. The Bertz CT molecular complexity index is 112. The Labute approximate surface area is 75.6 Å². The monoisotopic (exact) mass is 173 g/mol. The zero-order chi connectivity index (χ0) is 8.69. The highest BCUT2D eigenvalue weighted by Crippen LogP contribution is 2.13. The zero-order valence-electron chi connectivity index (χ0n) is 7.81. The van der Waals surface area contributed by atoms with Gasteiger partial charge in [0.25, 0.3) is 0 Å². The molecule has 0 spiro atoms. The second kappa shape index (κ2) is 6.59. The SMILES string of the molecule is CCCCC(CC)C(=S)NC. The smallest absolute Gasteiger partial charge is 0.0782 e. The molecule has 0 saturated carbocycles. The van der Waals surface area contributed by atoms with Crippen molar-refractivity contribution in [2.24, 2.45) is 5.92 Å². The van der Waals surface area contributed by atoms with Crippen molar-refractivity contribution in [3.8, 4) is 0 Å². The largest absolute Gasteiger partial charge is 0.383 e. The van der Waals surface area contributed by atoms with Crippen molar-refractivity contribution in [3.63, 3.8) is 0 Å². The average molecular weight is 173 g/mol. The number of hydrogen-bond donors (Lipinski definition) is 1. The fourth-order valence-corrected chi connectivity index (χ4v) is 1.46. The highest BCUT2D eigenvalue weighted by molar-refractivity contribution is 7.80. The molecule has 1 atom stereocenters. The van der Waals surface area contributed by atoms with Crippen LogP contribution in [0.5, 0.6) is 0 Å². The van der Waals surface area contributed by atoms with E-state index in [0.29, 0.717) is 5.92 Å². The van der Waals surface area contributed by atoms with Gasteiger partial charge in [-0.15, -0.1) is 0 Å². The molecule has 0 aliphatic rings. The van der Waals surface area contributed by atoms with E-state index in [4.69, 9.17) is 12.2 Å². The van der Waals surface area contributed by atoms with E-state index in [1.54, 1.807) is 0 Å². The summed E-state index contributed by atoms with van der Waals surface area (Å²) >= 11 is 5.18. The van der Waals surface area contributed by atoms with Gasteiger partial charge in [0.15, 0.2) is 0 Å². The van der Waals surface area contributed by atoms with Crippen molar-refractivity contribution in [2.45, 2.75) is 39.5 Å². The normalized spacial score (nSPS) is 12.6. The van der Waals surface area contributed by atoms with E-state index >= 15 is 0 Å². The lowest BCUT2D eigenvalue weighted by Crippen LogP contribution is -2.24. The summed E-state index contributed by atoms with van der Waals surface area (Å²) in [5.41, 5.74) is 0. The van der Waals surface area contributed by atoms with E-state index in [9.17, 15) is 0 Å². The standard InChI is InChI=1S/C9H19NS/c1-4-6-7-8(5-2)9(11)10-3/h8H,4-7H2,1-3H3,(H,10,11). The molecule has 2 heteroatoms. The maximum atomic E-state index is 5.18. The molecule has 11 heavy (non-hydrogen) atoms. The van der Waals surface area contributed by atoms with Crippen molar-refractivity contribution in [3.05, 3.63) is 0 Å². The Morgan fingerprint density at radius 2 is 2.09 bits per heavy atom. The van der Waals surface area contributed by atoms with E-state index in [1.807, 2.05) is 7.05 Å². The van der Waals surface area contributed by atoms with Gasteiger partial charge in [-0.05, 0) is 12.8 Å². The maximum Gasteiger partial charge on any atom is 0.0782 e. The van der Waals surface area contributed by atoms with E-state index in [0.717, 1.165) is 4.99 Å². The lowest BCUT2D eigenvalue weighted by atomic mass is 9.99. The first-order valence-electron chi connectivity index (χ1n) is 4.47. The van der Waals surface area contributed by atoms with Crippen LogP contribution in [0.1, 0.15) is 39.5 Å². The van der Waals surface area contributed by atoms with Crippen LogP contribution in [0.25, 0.3) is 0 Å². The molecule has 0 amide bonds. The van der Waals surface area contributed by atoms with Gasteiger partial charge in [-0.2, -0.15) is 0 Å². The van der Waals surface area contributed by atoms with Crippen molar-refractivity contribution in [2.75, 3.05) is 7.05 Å². The van der Waals surface area contributed by atoms with Gasteiger partial charge >= 0.3 is 0 Å². The van der Waals surface area contributed by atoms with Gasteiger partial charge in [-0.25, -0.2) is 0 Å². The minimum atomic E-state index is 0.606. The maximum absolute atomic E-state index is 5.18. The minimum absolute atomic E-state index is 0.606. The lowest BCUT2D eigenvalue weighted by Gasteiger charge is -2.14. The van der Waals surface area contributed by atoms with Crippen LogP contribution in [-0.4, -0.2) is 12.0 Å². The molecule has 1 N–H and O–H groups in total. The summed E-state index contributed by atoms with van der Waals surface area (Å²) in [6, 6.07) is 0. The molecule has 0 aromatic heterocycles. The molecule has 0 fully saturated rings. The third kappa shape index (κ3) is 4.35. The van der Waals surface area contributed by atoms with Crippen molar-refractivity contribution in [1.29, 1.82) is 0 Å². The predicted molar refractivity (Wildman–Crippen MR) is 55.0 cm³/mol. The van der Waals surface area contributed by atoms with Gasteiger partial charge in [0, 0.05) is 13.0 Å². The average Bonchev–Trinajstić information content (AvgIpc) is 2.05. The number of nitrogens with one attached hydrogen (secondary N) is 1. The van der Waals surface area contributed by atoms with Crippen LogP contribution in [0.2, 0.25) is 0 Å². The van der Waals surface area contributed by atoms with Gasteiger partial charge in [-0.3, -0.25) is 0 Å². The van der Waals surface area contributed by atoms with Gasteiger partial charge in [0.05, 0.1) is 4.99 Å². The molecule has 0 aromatic carbocycles. The highest BCUT2D eigenvalue weighted by Gasteiger charge is 2.09. The second-order valence-electron chi connectivity index (χ2n) is 2.86. The summed E-state index contributed by atoms with van der Waals surface area (Å²) in [6.07, 6.45) is 4.97. The van der Waals surface area contributed by atoms with Crippen LogP contribution in [0, 0.1) is 5.92 Å². The predicted octanol–water partition coefficient (Wildman–Crippen LogP) is 2.75. The minimum Gasteiger partial charge on any atom is -0.383 e. The van der Waals surface area contributed by atoms with Crippen molar-refractivity contribution < 1.29 is 0 Å². The molecule has 0 aliphatic heterocycles. The number of thiocarbonyl (C=S) groups is 1. The molecule has 0 radical (unpaired) electrons. The van der Waals surface area contributed by atoms with Crippen LogP contribution >= 0.6 is 12.2 Å². The summed E-state index contributed by atoms with van der Waals surface area (Å²) < 4.78 is 0. The lowest BCUT2D eigenvalue weighted by molar-refractivity contribution is 0.564. The van der Waals surface area contributed by atoms with Gasteiger partial charge in [-0.1, -0.05) is 38.9 Å². The van der Waals surface area contributed by atoms with E-state index in [-0.39, 0.29) is 0 Å². The fraction of sp³-hybridized carbons (Fsp3) is 0.889. The van der Waals surface area contributed by atoms with E-state index < -0.39 is 0 Å². The molecule has 1 nitrogen and oxygen atoms in total. The Balaban J connectivity index is 3.65. The van der Waals surface area contributed by atoms with Crippen LogP contribution < -0.4 is 5.32 Å². The van der Waals surface area contributed by atoms with Crippen LogP contribution in [0.15, 0.2) is 0 Å². The quantitative estimate of drug-likeness (QED) is 0.642. The Morgan fingerprint density at radius 3 is 2.45 bits per heavy atom. The van der Waals surface area contributed by atoms with Crippen LogP contribution in [-0.2, 0) is 0 Å². The Morgan fingerprint density at radius 1 is 1.45 bits per heavy atom. The van der Waals surface area contributed by atoms with Crippen LogP contribution in [0.3, 0.4) is 0 Å². The van der Waals surface area contributed by atoms with Crippen molar-refractivity contribution >= 4 is 17.2 Å². The number of rotatable bonds is 5. The molecule has 0 saturated heterocycles. The van der Waals surface area contributed by atoms with Gasteiger partial charge in [0.2, 0.25) is 0 Å². The third-order valence-electron chi connectivity index (χ3n) is 2.02. The number of hydrogen-bond acceptors (Lipinski definition) is 1. The summed E-state index contributed by atoms with van der Waals surface area (Å²) in [7, 11) is 1.91. The highest BCUT2D eigenvalue weighted by atomic mass is 32.1. The molecule has 1 unspecified atom stereocenters. The molecule has 0 heterocycles. The molecule has 0 aliphatic carbocycles. The van der Waals surface area contributed by atoms with E-state index in [1.165, 1.54) is 25.7 Å². The molecule has 0 rings (SSSR count). The fourth-order valence-electron chi connectivity index (χ4n) is 1.18. The van der Waals surface area contributed by atoms with Crippen LogP contribution in [0.4, 0.5) is 0 Å². The first-order valence-corrected chi connectivity index (χ1v) is 4.88. The molecular formula is C9H19NS. The molecule has 0 aromatic rings.